The number of hydrogen-bond acceptors (Lipinski definition) is 6. The van der Waals surface area contributed by atoms with Crippen molar-refractivity contribution in [1.29, 1.82) is 0 Å². The predicted molar refractivity (Wildman–Crippen MR) is 144 cm³/mol. The van der Waals surface area contributed by atoms with E-state index in [1.165, 1.54) is 11.0 Å². The topological polar surface area (TPSA) is 105 Å². The van der Waals surface area contributed by atoms with Crippen molar-refractivity contribution >= 4 is 43.5 Å². The van der Waals surface area contributed by atoms with Crippen molar-refractivity contribution in [3.05, 3.63) is 52.5 Å². The van der Waals surface area contributed by atoms with E-state index in [4.69, 9.17) is 9.47 Å². The highest BCUT2D eigenvalue weighted by Crippen LogP contribution is 2.36. The van der Waals surface area contributed by atoms with Crippen LogP contribution in [-0.2, 0) is 26.2 Å². The van der Waals surface area contributed by atoms with Crippen LogP contribution < -0.4 is 19.1 Å². The van der Waals surface area contributed by atoms with E-state index in [0.717, 1.165) is 52.7 Å². The number of anilines is 1. The molecule has 1 heterocycles. The number of ether oxygens (including phenoxy) is 2. The van der Waals surface area contributed by atoms with Crippen LogP contribution in [0.5, 0.6) is 11.5 Å². The summed E-state index contributed by atoms with van der Waals surface area (Å²) in [6, 6.07) is 11.5. The van der Waals surface area contributed by atoms with Gasteiger partial charge in [0.15, 0.2) is 11.5 Å². The highest BCUT2D eigenvalue weighted by molar-refractivity contribution is 9.10. The van der Waals surface area contributed by atoms with Gasteiger partial charge < -0.3 is 19.7 Å². The van der Waals surface area contributed by atoms with Crippen molar-refractivity contribution in [3.63, 3.8) is 0 Å². The zero-order chi connectivity index (χ0) is 26.6. The molecule has 2 aromatic carbocycles. The third kappa shape index (κ3) is 6.95. The van der Waals surface area contributed by atoms with E-state index in [9.17, 15) is 18.0 Å². The maximum absolute atomic E-state index is 13.7. The molecule has 1 N–H and O–H groups in total. The molecule has 9 nitrogen and oxygen atoms in total. The number of rotatable bonds is 9. The van der Waals surface area contributed by atoms with Crippen molar-refractivity contribution < 1.29 is 27.5 Å². The summed E-state index contributed by atoms with van der Waals surface area (Å²) >= 11 is 3.45. The van der Waals surface area contributed by atoms with Gasteiger partial charge in [-0.05, 0) is 49.6 Å². The number of carbonyl (C=O) groups excluding carboxylic acids is 2. The Balaban J connectivity index is 1.59. The molecular weight excluding hydrogens is 562 g/mol. The molecule has 4 rings (SSSR count). The number of sulfonamides is 1. The molecule has 200 valence electrons. The van der Waals surface area contributed by atoms with Crippen LogP contribution in [-0.4, -0.2) is 56.8 Å². The summed E-state index contributed by atoms with van der Waals surface area (Å²) in [4.78, 5) is 28.4. The quantitative estimate of drug-likeness (QED) is 0.474. The number of nitrogens with zero attached hydrogens (tertiary/aromatic N) is 2. The van der Waals surface area contributed by atoms with Gasteiger partial charge in [0.05, 0.1) is 11.9 Å². The van der Waals surface area contributed by atoms with E-state index in [1.807, 2.05) is 24.3 Å². The van der Waals surface area contributed by atoms with E-state index in [1.54, 1.807) is 19.1 Å². The highest BCUT2D eigenvalue weighted by Gasteiger charge is 2.31. The lowest BCUT2D eigenvalue weighted by Gasteiger charge is -2.33. The average molecular weight is 595 g/mol. The molecule has 2 amide bonds. The molecule has 37 heavy (non-hydrogen) atoms. The summed E-state index contributed by atoms with van der Waals surface area (Å²) in [5.74, 6) is 0.177. The van der Waals surface area contributed by atoms with Gasteiger partial charge in [-0.1, -0.05) is 47.3 Å². The summed E-state index contributed by atoms with van der Waals surface area (Å²) in [6.45, 7) is 1.41. The first-order valence-corrected chi connectivity index (χ1v) is 15.0. The number of carbonyl (C=O) groups is 2. The Bertz CT molecular complexity index is 1250. The fourth-order valence-electron chi connectivity index (χ4n) is 4.64. The van der Waals surface area contributed by atoms with E-state index < -0.39 is 28.5 Å². The minimum Gasteiger partial charge on any atom is -0.454 e. The van der Waals surface area contributed by atoms with Crippen LogP contribution in [0.3, 0.4) is 0 Å². The third-order valence-corrected chi connectivity index (χ3v) is 8.32. The van der Waals surface area contributed by atoms with Crippen LogP contribution in [0.25, 0.3) is 0 Å². The lowest BCUT2D eigenvalue weighted by molar-refractivity contribution is -0.139. The lowest BCUT2D eigenvalue weighted by Crippen LogP contribution is -2.52. The Morgan fingerprint density at radius 3 is 2.51 bits per heavy atom. The number of fused-ring (bicyclic) bond motifs is 1. The van der Waals surface area contributed by atoms with E-state index in [-0.39, 0.29) is 31.0 Å². The number of hydrogen-bond donors (Lipinski definition) is 1. The van der Waals surface area contributed by atoms with Crippen LogP contribution in [0.4, 0.5) is 5.69 Å². The van der Waals surface area contributed by atoms with Crippen molar-refractivity contribution in [2.45, 2.75) is 57.7 Å². The third-order valence-electron chi connectivity index (χ3n) is 6.68. The lowest BCUT2D eigenvalue weighted by atomic mass is 9.95. The van der Waals surface area contributed by atoms with Crippen LogP contribution in [0, 0.1) is 0 Å². The van der Waals surface area contributed by atoms with Gasteiger partial charge in [-0.3, -0.25) is 13.9 Å². The Kier molecular flexibility index (Phi) is 8.63. The Morgan fingerprint density at radius 1 is 1.08 bits per heavy atom. The zero-order valence-corrected chi connectivity index (χ0v) is 23.4. The summed E-state index contributed by atoms with van der Waals surface area (Å²) in [6.07, 6.45) is 6.19. The Labute approximate surface area is 226 Å². The van der Waals surface area contributed by atoms with Crippen LogP contribution in [0.15, 0.2) is 46.9 Å². The molecule has 0 radical (unpaired) electrons. The SMILES string of the molecule is C[C@@H](C(=O)NC1CCCCC1)N(Cc1cccc(Br)c1)C(=O)CN(c1ccc2c(c1)OCO2)S(C)(=O)=O. The molecule has 2 aliphatic rings. The largest absolute Gasteiger partial charge is 0.454 e. The van der Waals surface area contributed by atoms with Gasteiger partial charge in [0.2, 0.25) is 28.6 Å². The monoisotopic (exact) mass is 593 g/mol. The van der Waals surface area contributed by atoms with Crippen molar-refractivity contribution in [1.82, 2.24) is 10.2 Å². The highest BCUT2D eigenvalue weighted by atomic mass is 79.9. The second kappa shape index (κ2) is 11.7. The van der Waals surface area contributed by atoms with Gasteiger partial charge >= 0.3 is 0 Å². The Morgan fingerprint density at radius 2 is 1.81 bits per heavy atom. The van der Waals surface area contributed by atoms with Crippen molar-refractivity contribution in [2.24, 2.45) is 0 Å². The van der Waals surface area contributed by atoms with Gasteiger partial charge in [-0.15, -0.1) is 0 Å². The molecule has 11 heteroatoms. The number of halogens is 1. The first-order chi connectivity index (χ1) is 17.6. The van der Waals surface area contributed by atoms with Gasteiger partial charge in [0.25, 0.3) is 0 Å². The molecule has 0 spiro atoms. The molecule has 1 fully saturated rings. The van der Waals surface area contributed by atoms with Crippen LogP contribution in [0.2, 0.25) is 0 Å². The molecule has 0 unspecified atom stereocenters. The maximum atomic E-state index is 13.7. The smallest absolute Gasteiger partial charge is 0.244 e. The molecule has 1 atom stereocenters. The molecule has 1 saturated carbocycles. The zero-order valence-electron chi connectivity index (χ0n) is 21.0. The summed E-state index contributed by atoms with van der Waals surface area (Å²) in [5, 5.41) is 3.09. The summed E-state index contributed by atoms with van der Waals surface area (Å²) in [7, 11) is -3.83. The van der Waals surface area contributed by atoms with Crippen molar-refractivity contribution in [2.75, 3.05) is 23.9 Å². The average Bonchev–Trinajstić information content (AvgIpc) is 3.33. The van der Waals surface area contributed by atoms with Crippen LogP contribution >= 0.6 is 15.9 Å². The summed E-state index contributed by atoms with van der Waals surface area (Å²) in [5.41, 5.74) is 1.09. The first-order valence-electron chi connectivity index (χ1n) is 12.3. The minimum atomic E-state index is -3.83. The number of nitrogens with one attached hydrogen (secondary N) is 1. The molecule has 0 saturated heterocycles. The second-order valence-electron chi connectivity index (χ2n) is 9.48. The summed E-state index contributed by atoms with van der Waals surface area (Å²) < 4.78 is 38.1. The van der Waals surface area contributed by atoms with E-state index >= 15 is 0 Å². The number of amides is 2. The van der Waals surface area contributed by atoms with E-state index in [0.29, 0.717) is 11.5 Å². The molecule has 0 aromatic heterocycles. The predicted octanol–water partition coefficient (Wildman–Crippen LogP) is 3.81. The van der Waals surface area contributed by atoms with E-state index in [2.05, 4.69) is 21.2 Å². The maximum Gasteiger partial charge on any atom is 0.244 e. The van der Waals surface area contributed by atoms with Gasteiger partial charge in [0, 0.05) is 23.1 Å². The Hall–Kier alpha value is -2.79. The second-order valence-corrected chi connectivity index (χ2v) is 12.3. The molecular formula is C26H32BrN3O6S. The normalized spacial score (nSPS) is 16.2. The molecule has 0 bridgehead atoms. The van der Waals surface area contributed by atoms with Crippen molar-refractivity contribution in [3.8, 4) is 11.5 Å². The molecule has 1 aliphatic heterocycles. The first kappa shape index (κ1) is 27.3. The van der Waals surface area contributed by atoms with Crippen LogP contribution in [0.1, 0.15) is 44.6 Å². The van der Waals surface area contributed by atoms with Gasteiger partial charge in [0.1, 0.15) is 12.6 Å². The van der Waals surface area contributed by atoms with Gasteiger partial charge in [-0.25, -0.2) is 8.42 Å². The molecule has 1 aliphatic carbocycles. The van der Waals surface area contributed by atoms with Gasteiger partial charge in [-0.2, -0.15) is 0 Å². The number of benzene rings is 2. The fraction of sp³-hybridized carbons (Fsp3) is 0.462. The minimum absolute atomic E-state index is 0.0463. The standard InChI is InChI=1S/C26H32BrN3O6S/c1-18(26(32)28-21-9-4-3-5-10-21)29(15-19-7-6-8-20(27)13-19)25(31)16-30(37(2,33)34)22-11-12-23-24(14-22)36-17-35-23/h6-8,11-14,18,21H,3-5,9-10,15-17H2,1-2H3,(H,28,32)/t18-/m0/s1. The molecule has 2 aromatic rings. The fourth-order valence-corrected chi connectivity index (χ4v) is 5.93.